The second-order valence-electron chi connectivity index (χ2n) is 5.38. The lowest BCUT2D eigenvalue weighted by Crippen LogP contribution is -2.50. The maximum atomic E-state index is 12.3. The smallest absolute Gasteiger partial charge is 0.345 e. The average Bonchev–Trinajstić information content (AvgIpc) is 2.68. The topological polar surface area (TPSA) is 122 Å². The largest absolute Gasteiger partial charge is 0.353 e. The van der Waals surface area contributed by atoms with Gasteiger partial charge in [-0.15, -0.1) is 6.58 Å². The Bertz CT molecular complexity index is 645. The second-order valence-corrected chi connectivity index (χ2v) is 7.12. The molecule has 0 saturated carbocycles. The van der Waals surface area contributed by atoms with Crippen molar-refractivity contribution >= 4 is 22.0 Å². The van der Waals surface area contributed by atoms with Crippen molar-refractivity contribution in [1.82, 2.24) is 15.3 Å². The molecule has 2 atom stereocenters. The number of carbonyl (C=O) groups is 2. The molecule has 1 saturated heterocycles. The number of nitrogens with zero attached hydrogens (tertiary/aromatic N) is 2. The average molecular weight is 344 g/mol. The molecule has 3 amide bonds. The summed E-state index contributed by atoms with van der Waals surface area (Å²) in [6.07, 6.45) is 3.33. The Hall–Kier alpha value is -1.91. The molecule has 0 aliphatic carbocycles. The predicted molar refractivity (Wildman–Crippen MR) is 82.4 cm³/mol. The number of nitrogens with two attached hydrogens (primary N) is 1. The molecule has 1 fully saturated rings. The number of rotatable bonds is 7. The van der Waals surface area contributed by atoms with Crippen LogP contribution in [-0.2, 0) is 19.7 Å². The van der Waals surface area contributed by atoms with Gasteiger partial charge >= 0.3 is 6.03 Å². The van der Waals surface area contributed by atoms with Gasteiger partial charge in [-0.2, -0.15) is 5.06 Å². The van der Waals surface area contributed by atoms with Crippen LogP contribution in [0.4, 0.5) is 4.79 Å². The monoisotopic (exact) mass is 344 g/mol. The van der Waals surface area contributed by atoms with Gasteiger partial charge in [0.05, 0.1) is 24.9 Å². The summed E-state index contributed by atoms with van der Waals surface area (Å²) in [6.45, 7) is 5.69. The lowest BCUT2D eigenvalue weighted by atomic mass is 10.00. The van der Waals surface area contributed by atoms with E-state index in [1.807, 2.05) is 0 Å². The van der Waals surface area contributed by atoms with E-state index in [0.717, 1.165) is 0 Å². The zero-order valence-electron chi connectivity index (χ0n) is 12.8. The highest BCUT2D eigenvalue weighted by molar-refractivity contribution is 7.89. The van der Waals surface area contributed by atoms with E-state index >= 15 is 0 Å². The molecular formula is C13H20N4O5S. The summed E-state index contributed by atoms with van der Waals surface area (Å²) in [5.41, 5.74) is 0.701. The van der Waals surface area contributed by atoms with E-state index in [-0.39, 0.29) is 24.9 Å². The van der Waals surface area contributed by atoms with Gasteiger partial charge in [-0.25, -0.2) is 18.4 Å². The number of amides is 3. The molecule has 0 spiro atoms. The molecule has 2 bridgehead atoms. The van der Waals surface area contributed by atoms with Crippen molar-refractivity contribution in [3.63, 3.8) is 0 Å². The van der Waals surface area contributed by atoms with Crippen LogP contribution in [0.1, 0.15) is 6.92 Å². The van der Waals surface area contributed by atoms with Crippen LogP contribution in [0.25, 0.3) is 0 Å². The quantitative estimate of drug-likeness (QED) is 0.570. The standard InChI is InChI=1S/C13H20N4O5S/c1-3-5-22-17-10-7-9(2)11(16(8-10)13(17)19)12(18)15-4-6-23(14,20)21/h3,7,10-11H,1,4-6,8H2,2H3,(H,15,18)(H2,14,20,21)/t10-,11+/m1/s1. The summed E-state index contributed by atoms with van der Waals surface area (Å²) in [5.74, 6) is -0.806. The normalized spacial score (nSPS) is 23.7. The first kappa shape index (κ1) is 17.4. The number of carbonyl (C=O) groups excluding carboxylic acids is 2. The summed E-state index contributed by atoms with van der Waals surface area (Å²) < 4.78 is 21.8. The van der Waals surface area contributed by atoms with Gasteiger partial charge in [0.2, 0.25) is 15.9 Å². The third kappa shape index (κ3) is 3.89. The zero-order chi connectivity index (χ0) is 17.2. The Morgan fingerprint density at radius 2 is 2.30 bits per heavy atom. The molecule has 2 aliphatic heterocycles. The lowest BCUT2D eigenvalue weighted by molar-refractivity contribution is -0.124. The van der Waals surface area contributed by atoms with Gasteiger partial charge in [-0.1, -0.05) is 12.2 Å². The van der Waals surface area contributed by atoms with Crippen LogP contribution < -0.4 is 10.5 Å². The van der Waals surface area contributed by atoms with Gasteiger partial charge in [-0.05, 0) is 12.5 Å². The van der Waals surface area contributed by atoms with Crippen molar-refractivity contribution in [2.45, 2.75) is 19.0 Å². The van der Waals surface area contributed by atoms with Crippen LogP contribution in [0.2, 0.25) is 0 Å². The predicted octanol–water partition coefficient (Wildman–Crippen LogP) is -1.06. The van der Waals surface area contributed by atoms with E-state index in [0.29, 0.717) is 12.1 Å². The number of hydrogen-bond donors (Lipinski definition) is 2. The lowest BCUT2D eigenvalue weighted by Gasteiger charge is -2.29. The Balaban J connectivity index is 2.05. The Labute approximate surface area is 134 Å². The summed E-state index contributed by atoms with van der Waals surface area (Å²) in [7, 11) is -3.65. The summed E-state index contributed by atoms with van der Waals surface area (Å²) in [4.78, 5) is 31.4. The fraction of sp³-hybridized carbons (Fsp3) is 0.538. The molecule has 0 aromatic carbocycles. The van der Waals surface area contributed by atoms with Gasteiger partial charge in [0.15, 0.2) is 0 Å². The highest BCUT2D eigenvalue weighted by Gasteiger charge is 2.47. The molecule has 2 heterocycles. The number of nitrogens with one attached hydrogen (secondary N) is 1. The fourth-order valence-electron chi connectivity index (χ4n) is 2.64. The van der Waals surface area contributed by atoms with Crippen LogP contribution in [0.5, 0.6) is 0 Å². The SMILES string of the molecule is C=CCON1C(=O)N2C[C@H]1C=C(C)[C@H]2C(=O)NCCS(N)(=O)=O. The minimum atomic E-state index is -3.65. The first-order valence-electron chi connectivity index (χ1n) is 7.04. The van der Waals surface area contributed by atoms with E-state index in [1.54, 1.807) is 13.0 Å². The number of sulfonamides is 1. The number of primary sulfonamides is 1. The molecule has 128 valence electrons. The van der Waals surface area contributed by atoms with E-state index < -0.39 is 28.0 Å². The molecular weight excluding hydrogens is 324 g/mol. The molecule has 3 N–H and O–H groups in total. The second kappa shape index (κ2) is 6.69. The Kier molecular flexibility index (Phi) is 5.07. The number of hydrogen-bond acceptors (Lipinski definition) is 5. The first-order chi connectivity index (χ1) is 10.7. The van der Waals surface area contributed by atoms with Crippen molar-refractivity contribution in [3.05, 3.63) is 24.3 Å². The third-order valence-electron chi connectivity index (χ3n) is 3.58. The molecule has 9 nitrogen and oxygen atoms in total. The van der Waals surface area contributed by atoms with Gasteiger partial charge in [0, 0.05) is 6.54 Å². The summed E-state index contributed by atoms with van der Waals surface area (Å²) in [5, 5.41) is 8.61. The number of urea groups is 1. The van der Waals surface area contributed by atoms with Gasteiger partial charge in [0.1, 0.15) is 6.04 Å². The molecule has 0 unspecified atom stereocenters. The fourth-order valence-corrected chi connectivity index (χ4v) is 3.03. The Morgan fingerprint density at radius 3 is 2.91 bits per heavy atom. The van der Waals surface area contributed by atoms with E-state index in [9.17, 15) is 18.0 Å². The minimum Gasteiger partial charge on any atom is -0.353 e. The van der Waals surface area contributed by atoms with Crippen molar-refractivity contribution in [2.75, 3.05) is 25.4 Å². The maximum absolute atomic E-state index is 12.3. The molecule has 0 aromatic heterocycles. The van der Waals surface area contributed by atoms with Crippen molar-refractivity contribution in [1.29, 1.82) is 0 Å². The molecule has 0 radical (unpaired) electrons. The molecule has 2 aliphatic rings. The van der Waals surface area contributed by atoms with Crippen molar-refractivity contribution in [2.24, 2.45) is 5.14 Å². The Morgan fingerprint density at radius 1 is 1.61 bits per heavy atom. The molecule has 23 heavy (non-hydrogen) atoms. The van der Waals surface area contributed by atoms with E-state index in [4.69, 9.17) is 9.98 Å². The highest BCUT2D eigenvalue weighted by atomic mass is 32.2. The van der Waals surface area contributed by atoms with Gasteiger partial charge in [0.25, 0.3) is 0 Å². The summed E-state index contributed by atoms with van der Waals surface area (Å²) >= 11 is 0. The first-order valence-corrected chi connectivity index (χ1v) is 8.76. The number of hydroxylamine groups is 2. The van der Waals surface area contributed by atoms with Crippen molar-refractivity contribution < 1.29 is 22.8 Å². The van der Waals surface area contributed by atoms with Crippen LogP contribution in [0, 0.1) is 0 Å². The van der Waals surface area contributed by atoms with Crippen LogP contribution in [0.15, 0.2) is 24.3 Å². The van der Waals surface area contributed by atoms with Crippen molar-refractivity contribution in [3.8, 4) is 0 Å². The highest BCUT2D eigenvalue weighted by Crippen LogP contribution is 2.29. The van der Waals surface area contributed by atoms with Crippen LogP contribution in [0.3, 0.4) is 0 Å². The third-order valence-corrected chi connectivity index (χ3v) is 4.36. The van der Waals surface area contributed by atoms with E-state index in [1.165, 1.54) is 16.0 Å². The van der Waals surface area contributed by atoms with Gasteiger partial charge < -0.3 is 10.2 Å². The molecule has 0 aromatic rings. The summed E-state index contributed by atoms with van der Waals surface area (Å²) in [6, 6.07) is -1.44. The maximum Gasteiger partial charge on any atom is 0.345 e. The zero-order valence-corrected chi connectivity index (χ0v) is 13.6. The molecule has 2 rings (SSSR count). The van der Waals surface area contributed by atoms with Crippen LogP contribution in [-0.4, -0.2) is 67.9 Å². The van der Waals surface area contributed by atoms with E-state index in [2.05, 4.69) is 11.9 Å². The van der Waals surface area contributed by atoms with Gasteiger partial charge in [-0.3, -0.25) is 9.63 Å². The minimum absolute atomic E-state index is 0.108. The molecule has 10 heteroatoms. The van der Waals surface area contributed by atoms with Crippen LogP contribution >= 0.6 is 0 Å². The number of fused-ring (bicyclic) bond motifs is 2.